The van der Waals surface area contributed by atoms with Crippen molar-refractivity contribution in [2.24, 2.45) is 5.73 Å². The summed E-state index contributed by atoms with van der Waals surface area (Å²) in [5, 5.41) is 1.56. The van der Waals surface area contributed by atoms with Gasteiger partial charge in [-0.25, -0.2) is 17.2 Å². The highest BCUT2D eigenvalue weighted by molar-refractivity contribution is 7.93. The van der Waals surface area contributed by atoms with Crippen molar-refractivity contribution in [3.8, 4) is 0 Å². The molecular formula is C12H12F2N2O2S2. The van der Waals surface area contributed by atoms with Crippen LogP contribution in [0.4, 0.5) is 14.5 Å². The first kappa shape index (κ1) is 14.9. The van der Waals surface area contributed by atoms with Gasteiger partial charge in [-0.3, -0.25) is 4.72 Å². The lowest BCUT2D eigenvalue weighted by atomic mass is 10.2. The molecular weight excluding hydrogens is 306 g/mol. The third-order valence-corrected chi connectivity index (χ3v) is 5.21. The normalized spacial score (nSPS) is 11.6. The number of anilines is 1. The maximum absolute atomic E-state index is 13.8. The number of halogens is 2. The molecule has 0 amide bonds. The summed E-state index contributed by atoms with van der Waals surface area (Å²) in [5.41, 5.74) is 4.90. The van der Waals surface area contributed by atoms with E-state index in [1.807, 2.05) is 4.72 Å². The molecule has 0 bridgehead atoms. The van der Waals surface area contributed by atoms with Crippen LogP contribution in [0.15, 0.2) is 28.5 Å². The van der Waals surface area contributed by atoms with Crippen LogP contribution in [0.25, 0.3) is 0 Å². The van der Waals surface area contributed by atoms with Gasteiger partial charge in [-0.15, -0.1) is 11.3 Å². The topological polar surface area (TPSA) is 72.2 Å². The molecule has 108 valence electrons. The van der Waals surface area contributed by atoms with Crippen molar-refractivity contribution in [1.29, 1.82) is 0 Å². The van der Waals surface area contributed by atoms with E-state index < -0.39 is 27.3 Å². The minimum absolute atomic E-state index is 0.0344. The Morgan fingerprint density at radius 2 is 2.00 bits per heavy atom. The molecule has 0 aliphatic carbocycles. The number of aryl methyl sites for hydroxylation is 1. The van der Waals surface area contributed by atoms with Crippen molar-refractivity contribution in [2.75, 3.05) is 4.72 Å². The van der Waals surface area contributed by atoms with E-state index in [-0.39, 0.29) is 17.0 Å². The number of sulfonamides is 1. The first-order valence-electron chi connectivity index (χ1n) is 5.60. The fourth-order valence-electron chi connectivity index (χ4n) is 1.66. The molecule has 0 unspecified atom stereocenters. The van der Waals surface area contributed by atoms with E-state index in [4.69, 9.17) is 5.73 Å². The van der Waals surface area contributed by atoms with Crippen molar-refractivity contribution < 1.29 is 17.2 Å². The lowest BCUT2D eigenvalue weighted by Gasteiger charge is -2.11. The van der Waals surface area contributed by atoms with Crippen LogP contribution < -0.4 is 10.5 Å². The van der Waals surface area contributed by atoms with Crippen LogP contribution in [0.2, 0.25) is 0 Å². The molecule has 1 aromatic heterocycles. The Balaban J connectivity index is 2.47. The van der Waals surface area contributed by atoms with Crippen molar-refractivity contribution in [1.82, 2.24) is 0 Å². The third-order valence-electron chi connectivity index (χ3n) is 2.70. The number of thiophene rings is 1. The molecule has 3 N–H and O–H groups in total. The van der Waals surface area contributed by atoms with Gasteiger partial charge in [0.15, 0.2) is 5.82 Å². The van der Waals surface area contributed by atoms with E-state index in [0.717, 1.165) is 6.07 Å². The van der Waals surface area contributed by atoms with E-state index in [1.165, 1.54) is 30.4 Å². The molecule has 2 aromatic rings. The van der Waals surface area contributed by atoms with Gasteiger partial charge in [-0.05, 0) is 30.0 Å². The Morgan fingerprint density at radius 3 is 2.65 bits per heavy atom. The van der Waals surface area contributed by atoms with Crippen LogP contribution in [-0.2, 0) is 16.6 Å². The quantitative estimate of drug-likeness (QED) is 0.910. The smallest absolute Gasteiger partial charge is 0.263 e. The van der Waals surface area contributed by atoms with E-state index >= 15 is 0 Å². The molecule has 0 aliphatic rings. The second-order valence-corrected chi connectivity index (χ2v) is 6.72. The SMILES string of the molecule is Cc1ccc(F)c(NS(=O)(=O)c2ccsc2CN)c1F. The monoisotopic (exact) mass is 318 g/mol. The molecule has 4 nitrogen and oxygen atoms in total. The number of nitrogens with two attached hydrogens (primary N) is 1. The Bertz CT molecular complexity index is 742. The third kappa shape index (κ3) is 2.67. The first-order valence-corrected chi connectivity index (χ1v) is 7.97. The van der Waals surface area contributed by atoms with E-state index in [0.29, 0.717) is 4.88 Å². The predicted molar refractivity (Wildman–Crippen MR) is 74.1 cm³/mol. The van der Waals surface area contributed by atoms with E-state index in [1.54, 1.807) is 5.38 Å². The zero-order valence-corrected chi connectivity index (χ0v) is 12.1. The van der Waals surface area contributed by atoms with Gasteiger partial charge in [0.2, 0.25) is 0 Å². The molecule has 0 saturated heterocycles. The average Bonchev–Trinajstić information content (AvgIpc) is 2.88. The number of nitrogens with one attached hydrogen (secondary N) is 1. The lowest BCUT2D eigenvalue weighted by molar-refractivity contribution is 0.578. The second kappa shape index (κ2) is 5.47. The van der Waals surface area contributed by atoms with E-state index in [9.17, 15) is 17.2 Å². The fourth-order valence-corrected chi connectivity index (χ4v) is 4.06. The molecule has 0 saturated carbocycles. The largest absolute Gasteiger partial charge is 0.326 e. The second-order valence-electron chi connectivity index (χ2n) is 4.07. The van der Waals surface area contributed by atoms with Crippen LogP contribution in [0.1, 0.15) is 10.4 Å². The van der Waals surface area contributed by atoms with Crippen molar-refractivity contribution in [3.63, 3.8) is 0 Å². The van der Waals surface area contributed by atoms with Crippen molar-refractivity contribution >= 4 is 27.0 Å². The number of hydrogen-bond donors (Lipinski definition) is 2. The summed E-state index contributed by atoms with van der Waals surface area (Å²) in [6.07, 6.45) is 0. The molecule has 0 fully saturated rings. The van der Waals surface area contributed by atoms with Crippen LogP contribution in [0.5, 0.6) is 0 Å². The highest BCUT2D eigenvalue weighted by Crippen LogP contribution is 2.27. The number of rotatable bonds is 4. The minimum atomic E-state index is -4.07. The van der Waals surface area contributed by atoms with Gasteiger partial charge < -0.3 is 5.73 Å². The lowest BCUT2D eigenvalue weighted by Crippen LogP contribution is -2.17. The minimum Gasteiger partial charge on any atom is -0.326 e. The maximum atomic E-state index is 13.8. The maximum Gasteiger partial charge on any atom is 0.263 e. The molecule has 8 heteroatoms. The molecule has 0 atom stereocenters. The Morgan fingerprint density at radius 1 is 1.30 bits per heavy atom. The van der Waals surface area contributed by atoms with Gasteiger partial charge in [0.05, 0.1) is 0 Å². The highest BCUT2D eigenvalue weighted by Gasteiger charge is 2.23. The van der Waals surface area contributed by atoms with Gasteiger partial charge in [-0.1, -0.05) is 6.07 Å². The summed E-state index contributed by atoms with van der Waals surface area (Å²) in [7, 11) is -4.07. The van der Waals surface area contributed by atoms with Crippen LogP contribution >= 0.6 is 11.3 Å². The highest BCUT2D eigenvalue weighted by atomic mass is 32.2. The van der Waals surface area contributed by atoms with Gasteiger partial charge in [0.25, 0.3) is 10.0 Å². The Kier molecular flexibility index (Phi) is 4.07. The molecule has 0 spiro atoms. The summed E-state index contributed by atoms with van der Waals surface area (Å²) >= 11 is 1.17. The summed E-state index contributed by atoms with van der Waals surface area (Å²) in [6.45, 7) is 1.45. The van der Waals surface area contributed by atoms with Crippen molar-refractivity contribution in [2.45, 2.75) is 18.4 Å². The zero-order valence-electron chi connectivity index (χ0n) is 10.5. The number of benzene rings is 1. The number of hydrogen-bond acceptors (Lipinski definition) is 4. The van der Waals surface area contributed by atoms with Crippen LogP contribution in [0.3, 0.4) is 0 Å². The van der Waals surface area contributed by atoms with Crippen molar-refractivity contribution in [3.05, 3.63) is 45.7 Å². The Labute approximate surface area is 119 Å². The molecule has 1 heterocycles. The molecule has 20 heavy (non-hydrogen) atoms. The van der Waals surface area contributed by atoms with Gasteiger partial charge >= 0.3 is 0 Å². The molecule has 0 radical (unpaired) electrons. The molecule has 1 aromatic carbocycles. The summed E-state index contributed by atoms with van der Waals surface area (Å²) < 4.78 is 53.7. The standard InChI is InChI=1S/C12H12F2N2O2S2/c1-7-2-3-8(13)12(11(7)14)16-20(17,18)10-4-5-19-9(10)6-15/h2-5,16H,6,15H2,1H3. The summed E-state index contributed by atoms with van der Waals surface area (Å²) in [6, 6.07) is 3.59. The first-order chi connectivity index (χ1) is 9.36. The summed E-state index contributed by atoms with van der Waals surface area (Å²) in [5.74, 6) is -1.90. The van der Waals surface area contributed by atoms with Crippen LogP contribution in [-0.4, -0.2) is 8.42 Å². The van der Waals surface area contributed by atoms with Crippen LogP contribution in [0, 0.1) is 18.6 Å². The molecule has 2 rings (SSSR count). The predicted octanol–water partition coefficient (Wildman–Crippen LogP) is 2.59. The fraction of sp³-hybridized carbons (Fsp3) is 0.167. The summed E-state index contributed by atoms with van der Waals surface area (Å²) in [4.78, 5) is 0.358. The van der Waals surface area contributed by atoms with E-state index in [2.05, 4.69) is 0 Å². The van der Waals surface area contributed by atoms with Gasteiger partial charge in [-0.2, -0.15) is 0 Å². The Hall–Kier alpha value is -1.51. The zero-order chi connectivity index (χ0) is 14.9. The van der Waals surface area contributed by atoms with Gasteiger partial charge in [0.1, 0.15) is 16.4 Å². The molecule has 0 aliphatic heterocycles. The average molecular weight is 318 g/mol. The van der Waals surface area contributed by atoms with Gasteiger partial charge in [0, 0.05) is 11.4 Å².